The van der Waals surface area contributed by atoms with Crippen LogP contribution in [0.5, 0.6) is 0 Å². The molecule has 0 aliphatic rings. The van der Waals surface area contributed by atoms with Crippen molar-refractivity contribution >= 4 is 43.6 Å². The zero-order valence-electron chi connectivity index (χ0n) is 10.1. The molecule has 1 aromatic carbocycles. The van der Waals surface area contributed by atoms with E-state index in [-0.39, 0.29) is 15.9 Å². The topological polar surface area (TPSA) is 54.9 Å². The van der Waals surface area contributed by atoms with Crippen molar-refractivity contribution in [3.05, 3.63) is 50.8 Å². The average Bonchev–Trinajstić information content (AvgIpc) is 2.40. The van der Waals surface area contributed by atoms with Gasteiger partial charge in [0.15, 0.2) is 5.82 Å². The summed E-state index contributed by atoms with van der Waals surface area (Å²) in [5.74, 6) is -0.565. The van der Waals surface area contributed by atoms with Crippen LogP contribution in [0.15, 0.2) is 39.7 Å². The lowest BCUT2D eigenvalue weighted by atomic mass is 10.1. The van der Waals surface area contributed by atoms with Crippen molar-refractivity contribution in [2.45, 2.75) is 6.18 Å². The Morgan fingerprint density at radius 2 is 1.86 bits per heavy atom. The lowest BCUT2D eigenvalue weighted by Gasteiger charge is -2.11. The van der Waals surface area contributed by atoms with Crippen LogP contribution in [0, 0.1) is 0 Å². The zero-order valence-corrected chi connectivity index (χ0v) is 13.3. The normalized spacial score (nSPS) is 11.3. The molecule has 2 rings (SSSR count). The Balaban J connectivity index is 2.25. The number of hydrogen-bond acceptors (Lipinski definition) is 3. The van der Waals surface area contributed by atoms with Gasteiger partial charge in [0.2, 0.25) is 0 Å². The van der Waals surface area contributed by atoms with Gasteiger partial charge in [0.05, 0.1) is 18.0 Å². The lowest BCUT2D eigenvalue weighted by molar-refractivity contribution is -0.138. The van der Waals surface area contributed by atoms with Crippen LogP contribution in [-0.2, 0) is 6.18 Å². The number of carbonyl (C=O) groups excluding carboxylic acids is 1. The number of aromatic nitrogens is 2. The highest BCUT2D eigenvalue weighted by atomic mass is 79.9. The molecule has 21 heavy (non-hydrogen) atoms. The quantitative estimate of drug-likeness (QED) is 0.783. The number of halogens is 5. The van der Waals surface area contributed by atoms with Crippen LogP contribution in [0.1, 0.15) is 15.9 Å². The summed E-state index contributed by atoms with van der Waals surface area (Å²) >= 11 is 5.89. The summed E-state index contributed by atoms with van der Waals surface area (Å²) in [5, 5.41) is 2.37. The minimum absolute atomic E-state index is 0.129. The van der Waals surface area contributed by atoms with Crippen LogP contribution in [0.3, 0.4) is 0 Å². The summed E-state index contributed by atoms with van der Waals surface area (Å²) in [6.45, 7) is 0. The van der Waals surface area contributed by atoms with Crippen LogP contribution in [0.2, 0.25) is 0 Å². The summed E-state index contributed by atoms with van der Waals surface area (Å²) in [5.41, 5.74) is -1.05. The summed E-state index contributed by atoms with van der Waals surface area (Å²) < 4.78 is 38.7. The Morgan fingerprint density at radius 1 is 1.14 bits per heavy atom. The van der Waals surface area contributed by atoms with Gasteiger partial charge in [-0.1, -0.05) is 15.9 Å². The molecule has 1 heterocycles. The highest BCUT2D eigenvalue weighted by molar-refractivity contribution is 9.10. The maximum Gasteiger partial charge on any atom is 0.417 e. The maximum absolute atomic E-state index is 12.8. The molecule has 0 radical (unpaired) electrons. The molecule has 0 fully saturated rings. The highest BCUT2D eigenvalue weighted by Crippen LogP contribution is 2.35. The third kappa shape index (κ3) is 4.01. The molecule has 4 nitrogen and oxygen atoms in total. The molecule has 0 atom stereocenters. The Bertz CT molecular complexity index is 674. The van der Waals surface area contributed by atoms with Crippen molar-refractivity contribution in [3.63, 3.8) is 0 Å². The van der Waals surface area contributed by atoms with E-state index in [2.05, 4.69) is 47.1 Å². The SMILES string of the molecule is O=C(Nc1cnc(Br)cn1)c1ccc(Br)c(C(F)(F)F)c1. The number of amides is 1. The Kier molecular flexibility index (Phi) is 4.62. The van der Waals surface area contributed by atoms with E-state index in [0.717, 1.165) is 6.07 Å². The maximum atomic E-state index is 12.8. The number of nitrogens with zero attached hydrogens (tertiary/aromatic N) is 2. The molecule has 2 aromatic rings. The van der Waals surface area contributed by atoms with Crippen molar-refractivity contribution in [1.82, 2.24) is 9.97 Å². The Labute approximate surface area is 134 Å². The van der Waals surface area contributed by atoms with E-state index in [9.17, 15) is 18.0 Å². The van der Waals surface area contributed by atoms with Gasteiger partial charge in [-0.2, -0.15) is 13.2 Å². The van der Waals surface area contributed by atoms with Crippen molar-refractivity contribution in [3.8, 4) is 0 Å². The van der Waals surface area contributed by atoms with Crippen molar-refractivity contribution < 1.29 is 18.0 Å². The number of hydrogen-bond donors (Lipinski definition) is 1. The Hall–Kier alpha value is -1.48. The number of alkyl halides is 3. The smallest absolute Gasteiger partial charge is 0.305 e. The molecule has 0 unspecified atom stereocenters. The van der Waals surface area contributed by atoms with Gasteiger partial charge in [-0.25, -0.2) is 9.97 Å². The molecule has 1 N–H and O–H groups in total. The first kappa shape index (κ1) is 15.9. The third-order valence-electron chi connectivity index (χ3n) is 2.40. The fraction of sp³-hybridized carbons (Fsp3) is 0.0833. The van der Waals surface area contributed by atoms with Gasteiger partial charge in [-0.15, -0.1) is 0 Å². The van der Waals surface area contributed by atoms with E-state index in [4.69, 9.17) is 0 Å². The number of rotatable bonds is 2. The molecule has 1 aromatic heterocycles. The second-order valence-electron chi connectivity index (χ2n) is 3.87. The minimum Gasteiger partial charge on any atom is -0.305 e. The van der Waals surface area contributed by atoms with E-state index < -0.39 is 17.6 Å². The lowest BCUT2D eigenvalue weighted by Crippen LogP contribution is -2.15. The van der Waals surface area contributed by atoms with Crippen molar-refractivity contribution in [1.29, 1.82) is 0 Å². The van der Waals surface area contributed by atoms with Crippen LogP contribution < -0.4 is 5.32 Å². The molecule has 1 amide bonds. The summed E-state index contributed by atoms with van der Waals surface area (Å²) in [6.07, 6.45) is -1.91. The molecule has 0 aliphatic heterocycles. The molecule has 0 saturated heterocycles. The zero-order chi connectivity index (χ0) is 15.6. The monoisotopic (exact) mass is 423 g/mol. The Morgan fingerprint density at radius 3 is 2.43 bits per heavy atom. The fourth-order valence-electron chi connectivity index (χ4n) is 1.45. The first-order chi connectivity index (χ1) is 9.77. The molecular formula is C12H6Br2F3N3O. The number of nitrogens with one attached hydrogen (secondary N) is 1. The number of benzene rings is 1. The largest absolute Gasteiger partial charge is 0.417 e. The predicted octanol–water partition coefficient (Wildman–Crippen LogP) is 4.27. The van der Waals surface area contributed by atoms with E-state index >= 15 is 0 Å². The molecule has 0 bridgehead atoms. The minimum atomic E-state index is -4.55. The van der Waals surface area contributed by atoms with Gasteiger partial charge in [-0.05, 0) is 34.1 Å². The third-order valence-corrected chi connectivity index (χ3v) is 3.50. The average molecular weight is 425 g/mol. The van der Waals surface area contributed by atoms with E-state index in [1.165, 1.54) is 24.5 Å². The van der Waals surface area contributed by atoms with Gasteiger partial charge < -0.3 is 5.32 Å². The molecule has 9 heteroatoms. The van der Waals surface area contributed by atoms with Crippen LogP contribution in [-0.4, -0.2) is 15.9 Å². The molecule has 110 valence electrons. The molecule has 0 aliphatic carbocycles. The van der Waals surface area contributed by atoms with Gasteiger partial charge in [0.25, 0.3) is 5.91 Å². The van der Waals surface area contributed by atoms with E-state index in [1.807, 2.05) is 0 Å². The fourth-order valence-corrected chi connectivity index (χ4v) is 2.13. The van der Waals surface area contributed by atoms with Crippen LogP contribution in [0.4, 0.5) is 19.0 Å². The summed E-state index contributed by atoms with van der Waals surface area (Å²) in [4.78, 5) is 19.6. The summed E-state index contributed by atoms with van der Waals surface area (Å²) in [6, 6.07) is 3.22. The predicted molar refractivity (Wildman–Crippen MR) is 76.8 cm³/mol. The number of anilines is 1. The standard InChI is InChI=1S/C12H6Br2F3N3O/c13-8-2-1-6(3-7(8)12(15,16)17)11(21)20-10-5-18-9(14)4-19-10/h1-5H,(H,19,20,21). The van der Waals surface area contributed by atoms with Gasteiger partial charge in [0.1, 0.15) is 4.60 Å². The van der Waals surface area contributed by atoms with Crippen LogP contribution >= 0.6 is 31.9 Å². The van der Waals surface area contributed by atoms with Crippen molar-refractivity contribution in [2.24, 2.45) is 0 Å². The van der Waals surface area contributed by atoms with Crippen LogP contribution in [0.25, 0.3) is 0 Å². The second-order valence-corrected chi connectivity index (χ2v) is 5.54. The second kappa shape index (κ2) is 6.10. The van der Waals surface area contributed by atoms with Gasteiger partial charge in [-0.3, -0.25) is 4.79 Å². The van der Waals surface area contributed by atoms with Gasteiger partial charge >= 0.3 is 6.18 Å². The molecular weight excluding hydrogens is 419 g/mol. The molecule has 0 saturated carbocycles. The molecule has 0 spiro atoms. The van der Waals surface area contributed by atoms with Gasteiger partial charge in [0, 0.05) is 10.0 Å². The first-order valence-corrected chi connectivity index (χ1v) is 7.01. The summed E-state index contributed by atoms with van der Waals surface area (Å²) in [7, 11) is 0. The van der Waals surface area contributed by atoms with E-state index in [0.29, 0.717) is 4.60 Å². The van der Waals surface area contributed by atoms with E-state index in [1.54, 1.807) is 0 Å². The number of carbonyl (C=O) groups is 1. The highest BCUT2D eigenvalue weighted by Gasteiger charge is 2.33. The first-order valence-electron chi connectivity index (χ1n) is 5.43. The van der Waals surface area contributed by atoms with Crippen molar-refractivity contribution in [2.75, 3.05) is 5.32 Å².